The monoisotopic (exact) mass is 848 g/mol. The Morgan fingerprint density at radius 1 is 0.707 bits per heavy atom. The highest BCUT2D eigenvalue weighted by molar-refractivity contribution is 7.90. The van der Waals surface area contributed by atoms with Crippen molar-refractivity contribution in [2.75, 3.05) is 0 Å². The fourth-order valence-electron chi connectivity index (χ4n) is 6.44. The summed E-state index contributed by atoms with van der Waals surface area (Å²) in [7, 11) is -7.66. The minimum atomic E-state index is -4.04. The fourth-order valence-corrected chi connectivity index (χ4v) is 7.83. The van der Waals surface area contributed by atoms with E-state index in [4.69, 9.17) is 10.2 Å². The van der Waals surface area contributed by atoms with E-state index in [2.05, 4.69) is 14.7 Å². The van der Waals surface area contributed by atoms with Crippen LogP contribution in [-0.2, 0) is 42.5 Å². The predicted molar refractivity (Wildman–Crippen MR) is 219 cm³/mol. The number of rotatable bonds is 13. The Balaban J connectivity index is 0.000000255. The zero-order valence-corrected chi connectivity index (χ0v) is 35.3. The van der Waals surface area contributed by atoms with Crippen LogP contribution in [0.25, 0.3) is 0 Å². The van der Waals surface area contributed by atoms with Gasteiger partial charge in [-0.2, -0.15) is 8.42 Å². The molecule has 2 aromatic carbocycles. The standard InChI is InChI=1S/C20H26FN3O3S.C14H19FO2.C6H9N3O2S.CH4/c1-12(2)16-7-14(21)8-17(13(3)4)18(16)9-19(25)23-28(26,27)20-10-24(11-22-20)15-5-6-15;1-8(2)11-5-10(15)6-12(9(3)4)13(11)7-14(16)17;7-12(10,11)6-3-9(4-8-6)5-1-2-5;/h7-8,10-13,15H,5-6,9H2,1-4H3,(H,23,25);5-6,8-9H,7H2,1-4H3,(H,16,17);3-5H,1-2H2,(H2,7,10,11);1H4. The van der Waals surface area contributed by atoms with Gasteiger partial charge in [0.05, 0.1) is 25.5 Å². The summed E-state index contributed by atoms with van der Waals surface area (Å²) in [6.07, 6.45) is 9.94. The highest BCUT2D eigenvalue weighted by Crippen LogP contribution is 2.36. The number of hydrogen-bond donors (Lipinski definition) is 3. The summed E-state index contributed by atoms with van der Waals surface area (Å²) in [6, 6.07) is 6.49. The largest absolute Gasteiger partial charge is 0.481 e. The number of carbonyl (C=O) groups is 2. The highest BCUT2D eigenvalue weighted by atomic mass is 32.2. The topological polar surface area (TPSA) is 196 Å². The van der Waals surface area contributed by atoms with E-state index in [9.17, 15) is 35.2 Å². The van der Waals surface area contributed by atoms with E-state index in [0.29, 0.717) is 28.8 Å². The van der Waals surface area contributed by atoms with Gasteiger partial charge in [-0.1, -0.05) is 62.8 Å². The van der Waals surface area contributed by atoms with E-state index < -0.39 is 31.9 Å². The third-order valence-corrected chi connectivity index (χ3v) is 11.7. The maximum Gasteiger partial charge on any atom is 0.307 e. The van der Waals surface area contributed by atoms with Crippen molar-refractivity contribution in [2.24, 2.45) is 5.14 Å². The number of nitrogens with zero attached hydrogens (tertiary/aromatic N) is 4. The van der Waals surface area contributed by atoms with Crippen molar-refractivity contribution in [3.05, 3.63) is 94.3 Å². The molecule has 0 unspecified atom stereocenters. The molecule has 320 valence electrons. The smallest absolute Gasteiger partial charge is 0.307 e. The Morgan fingerprint density at radius 3 is 1.36 bits per heavy atom. The number of nitrogens with two attached hydrogens (primary N) is 1. The first-order valence-electron chi connectivity index (χ1n) is 19.0. The van der Waals surface area contributed by atoms with Crippen molar-refractivity contribution in [2.45, 2.75) is 147 Å². The molecule has 6 rings (SSSR count). The van der Waals surface area contributed by atoms with Crippen LogP contribution >= 0.6 is 0 Å². The van der Waals surface area contributed by atoms with Crippen LogP contribution in [0.3, 0.4) is 0 Å². The molecule has 2 saturated carbocycles. The first-order chi connectivity index (χ1) is 26.5. The second-order valence-electron chi connectivity index (χ2n) is 15.8. The first kappa shape index (κ1) is 47.9. The molecule has 2 aromatic heterocycles. The van der Waals surface area contributed by atoms with Crippen molar-refractivity contribution in [3.63, 3.8) is 0 Å². The van der Waals surface area contributed by atoms with Crippen molar-refractivity contribution in [3.8, 4) is 0 Å². The average Bonchev–Trinajstić information content (AvgIpc) is 4.02. The van der Waals surface area contributed by atoms with E-state index in [1.807, 2.05) is 55.4 Å². The Kier molecular flexibility index (Phi) is 16.1. The molecule has 0 aliphatic heterocycles. The molecule has 2 fully saturated rings. The van der Waals surface area contributed by atoms with Crippen molar-refractivity contribution in [1.29, 1.82) is 0 Å². The van der Waals surface area contributed by atoms with E-state index in [0.717, 1.165) is 42.4 Å². The lowest BCUT2D eigenvalue weighted by Gasteiger charge is -2.19. The van der Waals surface area contributed by atoms with Gasteiger partial charge < -0.3 is 14.2 Å². The molecule has 2 aliphatic rings. The molecule has 0 saturated heterocycles. The molecule has 0 atom stereocenters. The molecule has 1 amide bonds. The van der Waals surface area contributed by atoms with Gasteiger partial charge >= 0.3 is 5.97 Å². The lowest BCUT2D eigenvalue weighted by atomic mass is 9.87. The van der Waals surface area contributed by atoms with Crippen LogP contribution in [0.2, 0.25) is 0 Å². The number of imidazole rings is 2. The van der Waals surface area contributed by atoms with Gasteiger partial charge in [0.2, 0.25) is 5.91 Å². The van der Waals surface area contributed by atoms with Gasteiger partial charge in [-0.3, -0.25) is 9.59 Å². The summed E-state index contributed by atoms with van der Waals surface area (Å²) >= 11 is 0. The normalized spacial score (nSPS) is 14.1. The van der Waals surface area contributed by atoms with Crippen LogP contribution in [0.5, 0.6) is 0 Å². The van der Waals surface area contributed by atoms with Crippen LogP contribution < -0.4 is 9.86 Å². The van der Waals surface area contributed by atoms with Crippen molar-refractivity contribution in [1.82, 2.24) is 23.8 Å². The summed E-state index contributed by atoms with van der Waals surface area (Å²) in [5.74, 6) is -1.92. The summed E-state index contributed by atoms with van der Waals surface area (Å²) in [5, 5.41) is 13.6. The number of halogens is 2. The molecular weight excluding hydrogens is 791 g/mol. The number of amides is 1. The van der Waals surface area contributed by atoms with Crippen LogP contribution in [0, 0.1) is 11.6 Å². The number of aromatic nitrogens is 4. The molecule has 13 nitrogen and oxygen atoms in total. The van der Waals surface area contributed by atoms with Gasteiger partial charge in [-0.05, 0) is 107 Å². The van der Waals surface area contributed by atoms with Gasteiger partial charge in [0, 0.05) is 24.5 Å². The third kappa shape index (κ3) is 13.0. The van der Waals surface area contributed by atoms with Crippen molar-refractivity contribution >= 4 is 31.9 Å². The van der Waals surface area contributed by atoms with E-state index in [1.54, 1.807) is 9.13 Å². The average molecular weight is 849 g/mol. The second kappa shape index (κ2) is 19.5. The molecule has 0 bridgehead atoms. The number of carbonyl (C=O) groups excluding carboxylic acids is 1. The molecule has 17 heteroatoms. The number of nitrogens with one attached hydrogen (secondary N) is 1. The van der Waals surface area contributed by atoms with Crippen molar-refractivity contribution < 1.29 is 40.3 Å². The quantitative estimate of drug-likeness (QED) is 0.120. The third-order valence-electron chi connectivity index (χ3n) is 9.63. The minimum absolute atomic E-state index is 0. The zero-order valence-electron chi connectivity index (χ0n) is 33.7. The number of carboxylic acids is 1. The maximum absolute atomic E-state index is 14.0. The van der Waals surface area contributed by atoms with Crippen LogP contribution in [0.15, 0.2) is 59.4 Å². The Hall–Kier alpha value is -4.48. The molecule has 2 heterocycles. The highest BCUT2D eigenvalue weighted by Gasteiger charge is 2.28. The molecule has 0 spiro atoms. The van der Waals surface area contributed by atoms with Gasteiger partial charge in [-0.25, -0.2) is 37.0 Å². The number of carboxylic acid groups (broad SMARTS) is 1. The fraction of sp³-hybridized carbons (Fsp3) is 0.512. The number of primary sulfonamides is 1. The number of benzene rings is 2. The second-order valence-corrected chi connectivity index (χ2v) is 19.0. The van der Waals surface area contributed by atoms with Gasteiger partial charge in [0.1, 0.15) is 11.6 Å². The summed E-state index contributed by atoms with van der Waals surface area (Å²) in [5.41, 5.74) is 4.49. The van der Waals surface area contributed by atoms with Crippen LogP contribution in [0.1, 0.15) is 158 Å². The summed E-state index contributed by atoms with van der Waals surface area (Å²) < 4.78 is 79.8. The zero-order chi connectivity index (χ0) is 42.6. The number of sulfonamides is 2. The van der Waals surface area contributed by atoms with Gasteiger partial charge in [-0.15, -0.1) is 0 Å². The summed E-state index contributed by atoms with van der Waals surface area (Å²) in [4.78, 5) is 31.1. The minimum Gasteiger partial charge on any atom is -0.481 e. The lowest BCUT2D eigenvalue weighted by Crippen LogP contribution is -2.32. The SMILES string of the molecule is C.CC(C)c1cc(F)cc(C(C)C)c1CC(=O)NS(=O)(=O)c1cn(C2CC2)cn1.CC(C)c1cc(F)cc(C(C)C)c1CC(=O)O.NS(=O)(=O)c1cn(C2CC2)cn1. The number of hydrogen-bond acceptors (Lipinski definition) is 8. The first-order valence-corrected chi connectivity index (χ1v) is 22.0. The van der Waals surface area contributed by atoms with Crippen LogP contribution in [0.4, 0.5) is 8.78 Å². The van der Waals surface area contributed by atoms with Gasteiger partial charge in [0.25, 0.3) is 20.0 Å². The Bertz CT molecular complexity index is 2240. The molecule has 58 heavy (non-hydrogen) atoms. The lowest BCUT2D eigenvalue weighted by molar-refractivity contribution is -0.136. The van der Waals surface area contributed by atoms with E-state index >= 15 is 0 Å². The Labute approximate surface area is 341 Å². The van der Waals surface area contributed by atoms with E-state index in [-0.39, 0.29) is 65.6 Å². The van der Waals surface area contributed by atoms with Crippen LogP contribution in [-0.4, -0.2) is 52.9 Å². The molecule has 4 N–H and O–H groups in total. The molecule has 2 aliphatic carbocycles. The van der Waals surface area contributed by atoms with E-state index in [1.165, 1.54) is 49.3 Å². The summed E-state index contributed by atoms with van der Waals surface area (Å²) in [6.45, 7) is 15.5. The predicted octanol–water partition coefficient (Wildman–Crippen LogP) is 7.85. The molecular formula is C41H58F2N6O7S2. The molecule has 0 radical (unpaired) electrons. The molecule has 4 aromatic rings. The number of aliphatic carboxylic acids is 1. The van der Waals surface area contributed by atoms with Gasteiger partial charge in [0.15, 0.2) is 10.1 Å². The Morgan fingerprint density at radius 2 is 1.05 bits per heavy atom. The maximum atomic E-state index is 14.0.